The maximum absolute atomic E-state index is 14.9. The average molecular weight is 457 g/mol. The number of nitrogens with one attached hydrogen (secondary N) is 1. The van der Waals surface area contributed by atoms with Gasteiger partial charge in [-0.2, -0.15) is 13.2 Å². The Kier molecular flexibility index (Phi) is 5.22. The number of hydrogen-bond acceptors (Lipinski definition) is 5. The van der Waals surface area contributed by atoms with Crippen LogP contribution in [0, 0.1) is 5.82 Å². The second kappa shape index (κ2) is 8.09. The van der Waals surface area contributed by atoms with Crippen LogP contribution in [-0.4, -0.2) is 43.9 Å². The van der Waals surface area contributed by atoms with Crippen LogP contribution in [0.15, 0.2) is 55.0 Å². The van der Waals surface area contributed by atoms with E-state index in [1.165, 1.54) is 30.6 Å². The summed E-state index contributed by atoms with van der Waals surface area (Å²) in [7, 11) is 0. The van der Waals surface area contributed by atoms with Gasteiger partial charge in [0.15, 0.2) is 5.82 Å². The molecule has 33 heavy (non-hydrogen) atoms. The first kappa shape index (κ1) is 21.3. The number of amides is 1. The summed E-state index contributed by atoms with van der Waals surface area (Å²) in [6.07, 6.45) is 1.47. The van der Waals surface area contributed by atoms with Crippen molar-refractivity contribution >= 4 is 11.7 Å². The number of anilines is 1. The van der Waals surface area contributed by atoms with Gasteiger partial charge in [0.1, 0.15) is 11.6 Å². The van der Waals surface area contributed by atoms with Crippen molar-refractivity contribution in [2.45, 2.75) is 43.6 Å². The van der Waals surface area contributed by atoms with E-state index in [2.05, 4.69) is 20.3 Å². The highest BCUT2D eigenvalue weighted by Gasteiger charge is 2.49. The molecule has 0 aliphatic carbocycles. The Bertz CT molecular complexity index is 1170. The first-order chi connectivity index (χ1) is 15.8. The number of hydrogen-bond donors (Lipinski definition) is 1. The SMILES string of the molecule is O=C(c1c(F)cccc1-c1ncccn1)N1[C@@H]2CC[C@H]1[C@H](Nc1ccc(C(F)(F)F)cn1)C2. The van der Waals surface area contributed by atoms with Crippen molar-refractivity contribution in [3.05, 3.63) is 71.9 Å². The molecule has 2 fully saturated rings. The van der Waals surface area contributed by atoms with E-state index in [0.717, 1.165) is 18.7 Å². The van der Waals surface area contributed by atoms with Crippen molar-refractivity contribution in [2.75, 3.05) is 5.32 Å². The molecule has 2 aromatic heterocycles. The monoisotopic (exact) mass is 457 g/mol. The fourth-order valence-electron chi connectivity index (χ4n) is 4.79. The van der Waals surface area contributed by atoms with Gasteiger partial charge in [-0.1, -0.05) is 12.1 Å². The molecule has 0 radical (unpaired) electrons. The summed E-state index contributed by atoms with van der Waals surface area (Å²) in [5, 5.41) is 3.16. The minimum Gasteiger partial charge on any atom is -0.365 e. The molecule has 0 unspecified atom stereocenters. The summed E-state index contributed by atoms with van der Waals surface area (Å²) in [5.74, 6) is -0.523. The van der Waals surface area contributed by atoms with E-state index in [1.807, 2.05) is 0 Å². The lowest BCUT2D eigenvalue weighted by molar-refractivity contribution is -0.137. The lowest BCUT2D eigenvalue weighted by Crippen LogP contribution is -2.40. The summed E-state index contributed by atoms with van der Waals surface area (Å²) < 4.78 is 53.2. The van der Waals surface area contributed by atoms with Crippen LogP contribution in [0.3, 0.4) is 0 Å². The smallest absolute Gasteiger partial charge is 0.365 e. The molecule has 2 aliphatic rings. The van der Waals surface area contributed by atoms with Gasteiger partial charge in [-0.25, -0.2) is 19.3 Å². The number of pyridine rings is 1. The van der Waals surface area contributed by atoms with E-state index >= 15 is 0 Å². The Hall–Kier alpha value is -3.56. The maximum atomic E-state index is 14.9. The van der Waals surface area contributed by atoms with E-state index in [-0.39, 0.29) is 29.5 Å². The lowest BCUT2D eigenvalue weighted by Gasteiger charge is -2.26. The van der Waals surface area contributed by atoms with Gasteiger partial charge in [0.25, 0.3) is 5.91 Å². The largest absolute Gasteiger partial charge is 0.417 e. The minimum absolute atomic E-state index is 0.0751. The number of halogens is 4. The fraction of sp³-hybridized carbons (Fsp3) is 0.304. The maximum Gasteiger partial charge on any atom is 0.417 e. The zero-order valence-corrected chi connectivity index (χ0v) is 17.3. The van der Waals surface area contributed by atoms with Crippen LogP contribution < -0.4 is 5.32 Å². The molecule has 3 atom stereocenters. The Labute approximate surface area is 186 Å². The molecule has 6 nitrogen and oxygen atoms in total. The van der Waals surface area contributed by atoms with Crippen molar-refractivity contribution < 1.29 is 22.4 Å². The third kappa shape index (κ3) is 3.90. The molecule has 2 saturated heterocycles. The number of benzene rings is 1. The Balaban J connectivity index is 1.39. The lowest BCUT2D eigenvalue weighted by atomic mass is 9.95. The van der Waals surface area contributed by atoms with Crippen LogP contribution in [0.1, 0.15) is 35.2 Å². The number of carbonyl (C=O) groups excluding carboxylic acids is 1. The molecular formula is C23H19F4N5O. The van der Waals surface area contributed by atoms with E-state index in [9.17, 15) is 22.4 Å². The summed E-state index contributed by atoms with van der Waals surface area (Å²) in [6, 6.07) is 7.73. The summed E-state index contributed by atoms with van der Waals surface area (Å²) >= 11 is 0. The van der Waals surface area contributed by atoms with Gasteiger partial charge in [-0.05, 0) is 43.5 Å². The predicted octanol–water partition coefficient (Wildman–Crippen LogP) is 4.55. The van der Waals surface area contributed by atoms with Gasteiger partial charge >= 0.3 is 6.18 Å². The number of nitrogens with zero attached hydrogens (tertiary/aromatic N) is 4. The van der Waals surface area contributed by atoms with Crippen LogP contribution in [0.25, 0.3) is 11.4 Å². The molecule has 10 heteroatoms. The molecule has 0 saturated carbocycles. The number of carbonyl (C=O) groups is 1. The quantitative estimate of drug-likeness (QED) is 0.582. The van der Waals surface area contributed by atoms with E-state index in [0.29, 0.717) is 24.2 Å². The summed E-state index contributed by atoms with van der Waals surface area (Å²) in [6.45, 7) is 0. The number of fused-ring (bicyclic) bond motifs is 2. The molecule has 2 bridgehead atoms. The van der Waals surface area contributed by atoms with E-state index in [1.54, 1.807) is 17.0 Å². The molecular weight excluding hydrogens is 438 g/mol. The third-order valence-electron chi connectivity index (χ3n) is 6.23. The molecule has 5 rings (SSSR count). The molecule has 0 spiro atoms. The highest BCUT2D eigenvalue weighted by molar-refractivity contribution is 6.01. The van der Waals surface area contributed by atoms with Crippen LogP contribution in [0.5, 0.6) is 0 Å². The van der Waals surface area contributed by atoms with Gasteiger partial charge in [0.05, 0.1) is 17.2 Å². The van der Waals surface area contributed by atoms with Crippen molar-refractivity contribution in [1.82, 2.24) is 19.9 Å². The normalized spacial score (nSPS) is 21.9. The van der Waals surface area contributed by atoms with Crippen LogP contribution in [0.2, 0.25) is 0 Å². The predicted molar refractivity (Wildman–Crippen MR) is 112 cm³/mol. The van der Waals surface area contributed by atoms with Gasteiger partial charge in [0.2, 0.25) is 0 Å². The molecule has 2 aliphatic heterocycles. The topological polar surface area (TPSA) is 71.0 Å². The number of rotatable bonds is 4. The molecule has 1 amide bonds. The van der Waals surface area contributed by atoms with Crippen LogP contribution in [0.4, 0.5) is 23.4 Å². The summed E-state index contributed by atoms with van der Waals surface area (Å²) in [4.78, 5) is 27.4. The highest BCUT2D eigenvalue weighted by atomic mass is 19.4. The van der Waals surface area contributed by atoms with Gasteiger partial charge in [-0.15, -0.1) is 0 Å². The Morgan fingerprint density at radius 3 is 2.52 bits per heavy atom. The second-order valence-corrected chi connectivity index (χ2v) is 8.16. The first-order valence-electron chi connectivity index (χ1n) is 10.5. The van der Waals surface area contributed by atoms with Crippen LogP contribution in [-0.2, 0) is 6.18 Å². The van der Waals surface area contributed by atoms with Crippen molar-refractivity contribution in [3.8, 4) is 11.4 Å². The molecule has 4 heterocycles. The standard InChI is InChI=1S/C23H19F4N5O/c24-16-4-1-3-15(21-28-9-2-10-29-21)20(16)22(33)32-14-6-7-18(32)17(11-14)31-19-8-5-13(12-30-19)23(25,26)27/h1-5,8-10,12,14,17-18H,6-7,11H2,(H,30,31)/t14-,17-,18+/m1/s1. The Morgan fingerprint density at radius 2 is 1.82 bits per heavy atom. The zero-order valence-electron chi connectivity index (χ0n) is 17.3. The fourth-order valence-corrected chi connectivity index (χ4v) is 4.79. The molecule has 3 aromatic rings. The third-order valence-corrected chi connectivity index (χ3v) is 6.23. The molecule has 1 N–H and O–H groups in total. The van der Waals surface area contributed by atoms with Gasteiger partial charge < -0.3 is 10.2 Å². The average Bonchev–Trinajstić information content (AvgIpc) is 3.37. The van der Waals surface area contributed by atoms with E-state index in [4.69, 9.17) is 0 Å². The molecule has 170 valence electrons. The molecule has 1 aromatic carbocycles. The van der Waals surface area contributed by atoms with Crippen LogP contribution >= 0.6 is 0 Å². The number of alkyl halides is 3. The Morgan fingerprint density at radius 1 is 1.03 bits per heavy atom. The minimum atomic E-state index is -4.46. The first-order valence-corrected chi connectivity index (χ1v) is 10.5. The van der Waals surface area contributed by atoms with Crippen molar-refractivity contribution in [1.29, 1.82) is 0 Å². The number of aromatic nitrogens is 3. The van der Waals surface area contributed by atoms with Crippen molar-refractivity contribution in [2.24, 2.45) is 0 Å². The zero-order chi connectivity index (χ0) is 23.2. The van der Waals surface area contributed by atoms with E-state index < -0.39 is 23.5 Å². The van der Waals surface area contributed by atoms with Gasteiger partial charge in [-0.3, -0.25) is 4.79 Å². The summed E-state index contributed by atoms with van der Waals surface area (Å²) in [5.41, 5.74) is -0.581. The van der Waals surface area contributed by atoms with Gasteiger partial charge in [0, 0.05) is 36.2 Å². The highest BCUT2D eigenvalue weighted by Crippen LogP contribution is 2.41. The second-order valence-electron chi connectivity index (χ2n) is 8.16. The van der Waals surface area contributed by atoms with Crippen molar-refractivity contribution in [3.63, 3.8) is 0 Å².